The third-order valence-corrected chi connectivity index (χ3v) is 22.2. The molecule has 7 aliphatic rings. The monoisotopic (exact) mass is 993 g/mol. The smallest absolute Gasteiger partial charge is 0.332 e. The van der Waals surface area contributed by atoms with Crippen molar-refractivity contribution in [1.82, 2.24) is 10.2 Å². The van der Waals surface area contributed by atoms with Crippen LogP contribution in [0.5, 0.6) is 0 Å². The fourth-order valence-electron chi connectivity index (χ4n) is 16.5. The van der Waals surface area contributed by atoms with E-state index in [0.29, 0.717) is 87.7 Å². The summed E-state index contributed by atoms with van der Waals surface area (Å²) < 4.78 is 59.4. The molecule has 0 bridgehead atoms. The first kappa shape index (κ1) is 54.9. The van der Waals surface area contributed by atoms with E-state index in [9.17, 15) is 27.9 Å². The summed E-state index contributed by atoms with van der Waals surface area (Å²) >= 11 is 0. The first-order valence-corrected chi connectivity index (χ1v) is 28.7. The van der Waals surface area contributed by atoms with Crippen molar-refractivity contribution in [3.8, 4) is 0 Å². The number of nitrogens with one attached hydrogen (secondary N) is 1. The van der Waals surface area contributed by atoms with Gasteiger partial charge in [0, 0.05) is 37.7 Å². The molecule has 0 spiro atoms. The fourth-order valence-corrected chi connectivity index (χ4v) is 17.7. The maximum Gasteiger partial charge on any atom is 0.332 e. The molecule has 6 saturated carbocycles. The maximum atomic E-state index is 13.4. The number of carboxylic acids is 1. The Hall–Kier alpha value is -1.88. The number of ether oxygens (including phenoxy) is 6. The van der Waals surface area contributed by atoms with Crippen LogP contribution in [-0.2, 0) is 52.6 Å². The van der Waals surface area contributed by atoms with Crippen LogP contribution in [0.25, 0.3) is 0 Å². The second kappa shape index (κ2) is 21.2. The molecule has 7 rings (SSSR count). The van der Waals surface area contributed by atoms with Gasteiger partial charge < -0.3 is 38.8 Å². The van der Waals surface area contributed by atoms with Gasteiger partial charge in [-0.05, 0) is 141 Å². The molecular weight excluding hydrogens is 901 g/mol. The van der Waals surface area contributed by atoms with Crippen LogP contribution in [0.1, 0.15) is 152 Å². The molecule has 1 heterocycles. The summed E-state index contributed by atoms with van der Waals surface area (Å²) in [6, 6.07) is -0.192. The van der Waals surface area contributed by atoms with E-state index in [-0.39, 0.29) is 82.9 Å². The molecule has 2 N–H and O–H groups in total. The zero-order valence-corrected chi connectivity index (χ0v) is 45.1. The van der Waals surface area contributed by atoms with Crippen LogP contribution < -0.4 is 5.32 Å². The quantitative estimate of drug-likeness (QED) is 0.0751. The van der Waals surface area contributed by atoms with E-state index in [0.717, 1.165) is 38.5 Å². The number of aliphatic carboxylic acids is 1. The lowest BCUT2D eigenvalue weighted by molar-refractivity contribution is -0.248. The van der Waals surface area contributed by atoms with Crippen molar-refractivity contribution in [2.24, 2.45) is 62.1 Å². The van der Waals surface area contributed by atoms with E-state index in [1.54, 1.807) is 7.11 Å². The summed E-state index contributed by atoms with van der Waals surface area (Å²) in [7, 11) is -1.48. The zero-order valence-electron chi connectivity index (χ0n) is 44.3. The minimum Gasteiger partial charge on any atom is -0.481 e. The first-order valence-electron chi connectivity index (χ1n) is 26.9. The molecule has 0 aromatic rings. The predicted octanol–water partition coefficient (Wildman–Crippen LogP) is 7.74. The predicted molar refractivity (Wildman–Crippen MR) is 264 cm³/mol. The lowest BCUT2D eigenvalue weighted by atomic mass is 9.32. The van der Waals surface area contributed by atoms with Crippen molar-refractivity contribution in [3.63, 3.8) is 0 Å². The van der Waals surface area contributed by atoms with Crippen LogP contribution in [-0.4, -0.2) is 145 Å². The van der Waals surface area contributed by atoms with Crippen LogP contribution in [0.15, 0.2) is 0 Å². The summed E-state index contributed by atoms with van der Waals surface area (Å²) in [5, 5.41) is 13.8. The zero-order chi connectivity index (χ0) is 50.3. The molecule has 0 radical (unpaired) electrons. The Morgan fingerprint density at radius 2 is 1.38 bits per heavy atom. The third-order valence-electron chi connectivity index (χ3n) is 20.6. The van der Waals surface area contributed by atoms with Crippen LogP contribution in [0.3, 0.4) is 0 Å². The fraction of sp³-hybridized carbons (Fsp3) is 0.944. The molecule has 1 aliphatic heterocycles. The normalized spacial score (nSPS) is 37.5. The largest absolute Gasteiger partial charge is 0.481 e. The number of carbonyl (C=O) groups is 3. The second-order valence-corrected chi connectivity index (χ2v) is 27.8. The molecule has 12 atom stereocenters. The number of esters is 2. The highest BCUT2D eigenvalue weighted by Crippen LogP contribution is 2.78. The second-order valence-electron chi connectivity index (χ2n) is 25.5. The number of nitrogens with zero attached hydrogens (tertiary/aromatic N) is 1. The van der Waals surface area contributed by atoms with Crippen molar-refractivity contribution in [2.45, 2.75) is 176 Å². The molecule has 7 fully saturated rings. The lowest BCUT2D eigenvalue weighted by Crippen LogP contribution is -2.69. The SMILES string of the molecule is COCCOCCOCCOCC(=O)O[C@H](C)[C@@H](CN[C@]12CC[C@@H](C3(C)CC3)[C@@H]1[C@H]1CC[C@@H]3[C@@]4(C)CC[C@H](OC(=O)CC(C)(C)CC(=O)O)C(C)(C)[C@@H]4CC[C@@]3(C)[C@]1(C)CC2)N1CCS(=O)(=O)CC1. The Balaban J connectivity index is 1.04. The molecular formula is C54H92N2O12S. The highest BCUT2D eigenvalue weighted by molar-refractivity contribution is 7.91. The molecule has 0 aromatic heterocycles. The molecule has 0 amide bonds. The number of carbonyl (C=O) groups excluding carboxylic acids is 2. The number of carboxylic acid groups (broad SMARTS) is 1. The van der Waals surface area contributed by atoms with Gasteiger partial charge in [0.25, 0.3) is 0 Å². The standard InChI is InChI=1S/C54H92N2O12S/c1-37(67-46(60)36-66-30-29-65-28-27-64-26-25-63-10)40(56-23-31-69(61,62)32-24-56)35-55-54-18-13-38(50(6)19-20-50)47(54)39-11-12-42-51(7)16-15-43(68-45(59)34-48(2,3)33-44(57)58)49(4,5)41(51)14-17-53(42,9)52(39,8)21-22-54/h37-43,47,55H,11-36H2,1-10H3,(H,57,58)/t37-,38-,39-,40-,41+,42-,43+,47-,51+,52-,53-,54+/m1/s1. The number of hydrogen-bond donors (Lipinski definition) is 2. The van der Waals surface area contributed by atoms with E-state index < -0.39 is 33.3 Å². The molecule has 0 aromatic carbocycles. The summed E-state index contributed by atoms with van der Waals surface area (Å²) in [6.45, 7) is 24.6. The Morgan fingerprint density at radius 1 is 0.725 bits per heavy atom. The van der Waals surface area contributed by atoms with Gasteiger partial charge in [-0.1, -0.05) is 55.4 Å². The van der Waals surface area contributed by atoms with Gasteiger partial charge in [-0.2, -0.15) is 0 Å². The minimum atomic E-state index is -3.12. The van der Waals surface area contributed by atoms with Crippen LogP contribution >= 0.6 is 0 Å². The maximum absolute atomic E-state index is 13.4. The van der Waals surface area contributed by atoms with Crippen molar-refractivity contribution in [1.29, 1.82) is 0 Å². The van der Waals surface area contributed by atoms with Crippen LogP contribution in [0, 0.1) is 62.1 Å². The Kier molecular flexibility index (Phi) is 16.8. The molecule has 14 nitrogen and oxygen atoms in total. The molecule has 0 unspecified atom stereocenters. The van der Waals surface area contributed by atoms with E-state index >= 15 is 0 Å². The van der Waals surface area contributed by atoms with Crippen molar-refractivity contribution in [2.75, 3.05) is 84.5 Å². The average molecular weight is 993 g/mol. The van der Waals surface area contributed by atoms with Gasteiger partial charge in [0.2, 0.25) is 0 Å². The number of hydrogen-bond acceptors (Lipinski definition) is 13. The molecule has 69 heavy (non-hydrogen) atoms. The topological polar surface area (TPSA) is 176 Å². The van der Waals surface area contributed by atoms with Gasteiger partial charge in [0.15, 0.2) is 9.84 Å². The van der Waals surface area contributed by atoms with Crippen molar-refractivity contribution >= 4 is 27.7 Å². The first-order chi connectivity index (χ1) is 32.4. The molecule has 6 aliphatic carbocycles. The highest BCUT2D eigenvalue weighted by atomic mass is 32.2. The highest BCUT2D eigenvalue weighted by Gasteiger charge is 2.72. The van der Waals surface area contributed by atoms with Gasteiger partial charge in [0.1, 0.15) is 18.8 Å². The lowest BCUT2D eigenvalue weighted by Gasteiger charge is -2.73. The Morgan fingerprint density at radius 3 is 2.01 bits per heavy atom. The average Bonchev–Trinajstić information content (AvgIpc) is 3.88. The van der Waals surface area contributed by atoms with Crippen LogP contribution in [0.4, 0.5) is 0 Å². The third kappa shape index (κ3) is 11.4. The Labute approximate surface area is 415 Å². The van der Waals surface area contributed by atoms with Crippen molar-refractivity contribution < 1.29 is 56.3 Å². The number of sulfone groups is 1. The van der Waals surface area contributed by atoms with E-state index in [1.807, 2.05) is 20.8 Å². The van der Waals surface area contributed by atoms with E-state index in [2.05, 4.69) is 51.8 Å². The molecule has 396 valence electrons. The Bertz CT molecular complexity index is 1910. The number of rotatable bonds is 23. The number of methoxy groups -OCH3 is 1. The van der Waals surface area contributed by atoms with Gasteiger partial charge in [-0.25, -0.2) is 13.2 Å². The summed E-state index contributed by atoms with van der Waals surface area (Å²) in [5.74, 6) is 1.31. The van der Waals surface area contributed by atoms with Gasteiger partial charge >= 0.3 is 17.9 Å². The summed E-state index contributed by atoms with van der Waals surface area (Å²) in [4.78, 5) is 40.4. The summed E-state index contributed by atoms with van der Waals surface area (Å²) in [5.41, 5.74) is -0.129. The minimum absolute atomic E-state index is 0.0462. The number of fused-ring (bicyclic) bond motifs is 7. The van der Waals surface area contributed by atoms with E-state index in [4.69, 9.17) is 28.4 Å². The molecule has 15 heteroatoms. The summed E-state index contributed by atoms with van der Waals surface area (Å²) in [6.07, 6.45) is 13.1. The van der Waals surface area contributed by atoms with Crippen molar-refractivity contribution in [3.05, 3.63) is 0 Å². The van der Waals surface area contributed by atoms with Gasteiger partial charge in [-0.3, -0.25) is 14.5 Å². The van der Waals surface area contributed by atoms with E-state index in [1.165, 1.54) is 38.5 Å². The molecule has 1 saturated heterocycles. The van der Waals surface area contributed by atoms with Crippen LogP contribution in [0.2, 0.25) is 0 Å². The van der Waals surface area contributed by atoms with Gasteiger partial charge in [0.05, 0.1) is 70.0 Å². The van der Waals surface area contributed by atoms with Gasteiger partial charge in [-0.15, -0.1) is 0 Å².